The van der Waals surface area contributed by atoms with Gasteiger partial charge in [0, 0.05) is 45.5 Å². The number of nitrogens with one attached hydrogen (secondary N) is 2. The van der Waals surface area contributed by atoms with Gasteiger partial charge in [0.2, 0.25) is 5.96 Å². The number of carbonyl (C=O) groups excluding carboxylic acids is 1. The monoisotopic (exact) mass is 380 g/mol. The largest absolute Gasteiger partial charge is 0.368 e. The van der Waals surface area contributed by atoms with Crippen molar-refractivity contribution in [2.45, 2.75) is 6.17 Å². The Bertz CT molecular complexity index is 853. The van der Waals surface area contributed by atoms with Crippen LogP contribution < -0.4 is 15.5 Å². The maximum absolute atomic E-state index is 12.0. The van der Waals surface area contributed by atoms with Crippen molar-refractivity contribution in [3.05, 3.63) is 30.1 Å². The minimum absolute atomic E-state index is 0.0279. The number of hydrogen-bond acceptors (Lipinski definition) is 8. The highest BCUT2D eigenvalue weighted by molar-refractivity contribution is 6.01. The number of aromatic nitrogens is 1. The molecule has 2 N–H and O–H groups in total. The molecule has 146 valence electrons. The number of piperazine rings is 2. The van der Waals surface area contributed by atoms with E-state index in [-0.39, 0.29) is 18.0 Å². The smallest absolute Gasteiger partial charge is 0.267 e. The van der Waals surface area contributed by atoms with Crippen LogP contribution in [0.2, 0.25) is 0 Å². The maximum atomic E-state index is 12.0. The van der Waals surface area contributed by atoms with E-state index in [2.05, 4.69) is 48.4 Å². The second kappa shape index (κ2) is 6.90. The van der Waals surface area contributed by atoms with Crippen LogP contribution in [0.1, 0.15) is 0 Å². The standard InChI is InChI=1S/C19H24N8O/c1-25-6-8-26(9-7-25)14-2-3-16(21-12-14)23-19-22-11-13-10-15-18(28)20-4-5-27(15)17(13)24-19/h2-3,10-13,17H,4-9H2,1H3,(H,20,28)(H,21,23,24). The molecule has 4 aliphatic rings. The number of likely N-dealkylation sites (N-methyl/N-ethyl adjacent to an activating group) is 1. The molecule has 0 aliphatic carbocycles. The number of aliphatic imine (C=N–C) groups is 2. The zero-order chi connectivity index (χ0) is 19.1. The molecule has 2 fully saturated rings. The number of pyridine rings is 1. The predicted molar refractivity (Wildman–Crippen MR) is 109 cm³/mol. The van der Waals surface area contributed by atoms with Gasteiger partial charge in [-0.2, -0.15) is 0 Å². The SMILES string of the molecule is CN1CCN(c2ccc(NC3=NC4C(C=N3)C=C3C(=O)NCCN34)nc2)CC1. The molecule has 1 aromatic rings. The number of nitrogens with zero attached hydrogens (tertiary/aromatic N) is 6. The van der Waals surface area contributed by atoms with E-state index in [9.17, 15) is 4.79 Å². The molecule has 4 aliphatic heterocycles. The minimum Gasteiger partial charge on any atom is -0.368 e. The van der Waals surface area contributed by atoms with Crippen LogP contribution in [0.25, 0.3) is 0 Å². The molecule has 9 nitrogen and oxygen atoms in total. The summed E-state index contributed by atoms with van der Waals surface area (Å²) in [5.74, 6) is 1.26. The second-order valence-corrected chi connectivity index (χ2v) is 7.54. The third-order valence-corrected chi connectivity index (χ3v) is 5.67. The van der Waals surface area contributed by atoms with Crippen LogP contribution >= 0.6 is 0 Å². The summed E-state index contributed by atoms with van der Waals surface area (Å²) in [7, 11) is 2.15. The van der Waals surface area contributed by atoms with E-state index in [1.807, 2.05) is 24.6 Å². The quantitative estimate of drug-likeness (QED) is 0.748. The van der Waals surface area contributed by atoms with E-state index in [1.165, 1.54) is 0 Å². The van der Waals surface area contributed by atoms with Crippen LogP contribution in [0.15, 0.2) is 40.1 Å². The Morgan fingerprint density at radius 1 is 1.18 bits per heavy atom. The second-order valence-electron chi connectivity index (χ2n) is 7.54. The van der Waals surface area contributed by atoms with Gasteiger partial charge in [-0.15, -0.1) is 0 Å². The molecule has 28 heavy (non-hydrogen) atoms. The topological polar surface area (TPSA) is 88.5 Å². The van der Waals surface area contributed by atoms with Crippen molar-refractivity contribution < 1.29 is 4.79 Å². The Labute approximate surface area is 163 Å². The van der Waals surface area contributed by atoms with Crippen molar-refractivity contribution in [2.24, 2.45) is 15.9 Å². The van der Waals surface area contributed by atoms with Crippen molar-refractivity contribution in [3.63, 3.8) is 0 Å². The van der Waals surface area contributed by atoms with Gasteiger partial charge in [-0.05, 0) is 25.3 Å². The highest BCUT2D eigenvalue weighted by atomic mass is 16.2. The third-order valence-electron chi connectivity index (χ3n) is 5.67. The summed E-state index contributed by atoms with van der Waals surface area (Å²) < 4.78 is 0. The van der Waals surface area contributed by atoms with Gasteiger partial charge in [-0.3, -0.25) is 4.79 Å². The zero-order valence-corrected chi connectivity index (χ0v) is 15.9. The van der Waals surface area contributed by atoms with Gasteiger partial charge in [0.1, 0.15) is 17.7 Å². The Morgan fingerprint density at radius 2 is 2.04 bits per heavy atom. The van der Waals surface area contributed by atoms with Crippen LogP contribution in [-0.4, -0.2) is 85.3 Å². The number of anilines is 2. The molecule has 0 spiro atoms. The summed E-state index contributed by atoms with van der Waals surface area (Å²) in [5, 5.41) is 6.08. The molecule has 0 radical (unpaired) electrons. The Morgan fingerprint density at radius 3 is 2.82 bits per heavy atom. The van der Waals surface area contributed by atoms with Crippen molar-refractivity contribution in [1.29, 1.82) is 0 Å². The first kappa shape index (κ1) is 17.2. The molecule has 1 amide bonds. The van der Waals surface area contributed by atoms with Gasteiger partial charge in [0.05, 0.1) is 17.8 Å². The van der Waals surface area contributed by atoms with Crippen molar-refractivity contribution in [3.8, 4) is 0 Å². The fourth-order valence-electron chi connectivity index (χ4n) is 4.04. The lowest BCUT2D eigenvalue weighted by molar-refractivity contribution is -0.120. The fourth-order valence-corrected chi connectivity index (χ4v) is 4.04. The number of carbonyl (C=O) groups is 1. The highest BCUT2D eigenvalue weighted by Crippen LogP contribution is 2.30. The Hall–Kier alpha value is -2.94. The van der Waals surface area contributed by atoms with Crippen molar-refractivity contribution >= 4 is 29.6 Å². The van der Waals surface area contributed by atoms with E-state index < -0.39 is 0 Å². The summed E-state index contributed by atoms with van der Waals surface area (Å²) in [4.78, 5) is 32.5. The summed E-state index contributed by atoms with van der Waals surface area (Å²) in [6.45, 7) is 5.58. The molecule has 0 bridgehead atoms. The molecule has 9 heteroatoms. The number of fused-ring (bicyclic) bond motifs is 3. The first-order valence-corrected chi connectivity index (χ1v) is 9.72. The lowest BCUT2D eigenvalue weighted by atomic mass is 10.1. The third kappa shape index (κ3) is 3.11. The molecule has 0 aromatic carbocycles. The number of guanidine groups is 1. The molecular weight excluding hydrogens is 356 g/mol. The van der Waals surface area contributed by atoms with E-state index in [1.54, 1.807) is 0 Å². The van der Waals surface area contributed by atoms with Gasteiger partial charge in [0.25, 0.3) is 5.91 Å². The van der Waals surface area contributed by atoms with Crippen LogP contribution in [-0.2, 0) is 4.79 Å². The molecule has 1 aromatic heterocycles. The first-order valence-electron chi connectivity index (χ1n) is 9.72. The summed E-state index contributed by atoms with van der Waals surface area (Å²) >= 11 is 0. The molecule has 0 saturated carbocycles. The van der Waals surface area contributed by atoms with E-state index in [4.69, 9.17) is 4.99 Å². The van der Waals surface area contributed by atoms with Gasteiger partial charge >= 0.3 is 0 Å². The Kier molecular flexibility index (Phi) is 4.23. The zero-order valence-electron chi connectivity index (χ0n) is 15.9. The van der Waals surface area contributed by atoms with E-state index in [0.717, 1.165) is 44.2 Å². The lowest BCUT2D eigenvalue weighted by Crippen LogP contribution is -2.48. The molecule has 2 unspecified atom stereocenters. The van der Waals surface area contributed by atoms with Gasteiger partial charge in [-0.25, -0.2) is 15.0 Å². The van der Waals surface area contributed by atoms with Gasteiger partial charge < -0.3 is 25.3 Å². The molecular formula is C19H24N8O. The van der Waals surface area contributed by atoms with Gasteiger partial charge in [0.15, 0.2) is 0 Å². The van der Waals surface area contributed by atoms with Gasteiger partial charge in [-0.1, -0.05) is 0 Å². The molecule has 5 rings (SSSR count). The van der Waals surface area contributed by atoms with Crippen LogP contribution in [0.3, 0.4) is 0 Å². The van der Waals surface area contributed by atoms with Crippen LogP contribution in [0, 0.1) is 5.92 Å². The summed E-state index contributed by atoms with van der Waals surface area (Å²) in [6.07, 6.45) is 5.60. The lowest BCUT2D eigenvalue weighted by Gasteiger charge is -2.34. The predicted octanol–water partition coefficient (Wildman–Crippen LogP) is -0.0427. The van der Waals surface area contributed by atoms with E-state index >= 15 is 0 Å². The maximum Gasteiger partial charge on any atom is 0.267 e. The van der Waals surface area contributed by atoms with Crippen LogP contribution in [0.5, 0.6) is 0 Å². The molecule has 5 heterocycles. The molecule has 2 saturated heterocycles. The first-order chi connectivity index (χ1) is 13.7. The van der Waals surface area contributed by atoms with E-state index in [0.29, 0.717) is 18.2 Å². The number of hydrogen-bond donors (Lipinski definition) is 2. The number of amides is 1. The minimum atomic E-state index is -0.106. The van der Waals surface area contributed by atoms with Crippen molar-refractivity contribution in [1.82, 2.24) is 20.1 Å². The normalized spacial score (nSPS) is 27.0. The summed E-state index contributed by atoms with van der Waals surface area (Å²) in [6, 6.07) is 4.05. The van der Waals surface area contributed by atoms with Crippen molar-refractivity contribution in [2.75, 3.05) is 56.5 Å². The van der Waals surface area contributed by atoms with Crippen LogP contribution in [0.4, 0.5) is 11.5 Å². The Balaban J connectivity index is 1.26. The average molecular weight is 380 g/mol. The fraction of sp³-hybridized carbons (Fsp3) is 0.474. The molecule has 2 atom stereocenters. The summed E-state index contributed by atoms with van der Waals surface area (Å²) in [5.41, 5.74) is 1.84. The average Bonchev–Trinajstić information content (AvgIpc) is 3.09. The highest BCUT2D eigenvalue weighted by Gasteiger charge is 2.39. The number of rotatable bonds is 2.